The lowest BCUT2D eigenvalue weighted by atomic mass is 9.43. The number of esters is 1. The van der Waals surface area contributed by atoms with Gasteiger partial charge in [-0.1, -0.05) is 154 Å². The molecule has 12 nitrogen and oxygen atoms in total. The molecule has 0 aliphatic heterocycles. The molecule has 6 aliphatic rings. The SMILES string of the molecule is C.CC[C@]1(C)C[C@@H](O)[C@@]2(C)C3C(=O)CC[C@@]3(CC[C@H]2CO)[C@@H](C)[C@@H]1OCOCc1ccccc1.CC[C@]1(C)C[C@@H](O)[C@@]2(C)C3C(=O)CC[C@@]3(CC[C@H]2COC(=O)COCc2ccccc2)[C@@H](C)[C@@H]1OCOCc1ccccc1.S=S=S=S=S=S=S=S=S=S=S=S=S=S=S=S=S=S=S=S=S=S=S=S. The Hall–Kier alpha value is 1.43. The Morgan fingerprint density at radius 2 is 0.814 bits per heavy atom. The monoisotopic (exact) mass is 1850 g/mol. The summed E-state index contributed by atoms with van der Waals surface area (Å²) in [6.45, 7) is 19.1. The van der Waals surface area contributed by atoms with Crippen LogP contribution >= 0.6 is 0 Å². The topological polar surface area (TPSA) is 167 Å². The third kappa shape index (κ3) is 25.2. The zero-order valence-corrected chi connectivity index (χ0v) is 77.0. The van der Waals surface area contributed by atoms with Gasteiger partial charge in [0.05, 0.1) is 50.8 Å². The second-order valence-electron chi connectivity index (χ2n) is 26.9. The van der Waals surface area contributed by atoms with Crippen LogP contribution in [-0.4, -0.2) is 90.7 Å². The molecule has 3 aromatic carbocycles. The predicted molar refractivity (Wildman–Crippen MR) is 478 cm³/mol. The van der Waals surface area contributed by atoms with E-state index in [1.54, 1.807) is 142 Å². The summed E-state index contributed by atoms with van der Waals surface area (Å²) in [6, 6.07) is 29.8. The molecular formula is C66H96O12S24. The van der Waals surface area contributed by atoms with Gasteiger partial charge in [-0.25, -0.2) is 4.79 Å². The average molecular weight is 1850 g/mol. The van der Waals surface area contributed by atoms with Gasteiger partial charge in [0.15, 0.2) is 0 Å². The van der Waals surface area contributed by atoms with Crippen LogP contribution in [0.25, 0.3) is 0 Å². The number of benzene rings is 3. The van der Waals surface area contributed by atoms with Gasteiger partial charge in [-0.3, -0.25) is 9.59 Å². The van der Waals surface area contributed by atoms with Crippen molar-refractivity contribution in [1.29, 1.82) is 0 Å². The van der Waals surface area contributed by atoms with Gasteiger partial charge in [0.25, 0.3) is 0 Å². The Morgan fingerprint density at radius 3 is 1.15 bits per heavy atom. The lowest BCUT2D eigenvalue weighted by Crippen LogP contribution is -2.64. The number of carbonyl (C=O) groups is 3. The Balaban J connectivity index is 0.000000251. The summed E-state index contributed by atoms with van der Waals surface area (Å²) >= 11 is 9.54. The molecule has 0 saturated heterocycles. The number of carbonyl (C=O) groups excluding carboxylic acids is 3. The van der Waals surface area contributed by atoms with Crippen LogP contribution < -0.4 is 0 Å². The summed E-state index contributed by atoms with van der Waals surface area (Å²) in [5.74, 6) is -0.404. The lowest BCUT2D eigenvalue weighted by Gasteiger charge is -2.62. The third-order valence-electron chi connectivity index (χ3n) is 22.3. The van der Waals surface area contributed by atoms with E-state index in [4.69, 9.17) is 50.8 Å². The van der Waals surface area contributed by atoms with E-state index >= 15 is 0 Å². The molecular weight excluding hydrogens is 1750 g/mol. The minimum absolute atomic E-state index is 0. The van der Waals surface area contributed by atoms with Crippen LogP contribution in [0.2, 0.25) is 0 Å². The number of Topliss-reactive ketones (excluding diaryl/α,β-unsaturated/α-hetero) is 2. The maximum absolute atomic E-state index is 13.8. The van der Waals surface area contributed by atoms with Gasteiger partial charge in [0.2, 0.25) is 0 Å². The molecule has 102 heavy (non-hydrogen) atoms. The number of rotatable bonds is 19. The summed E-state index contributed by atoms with van der Waals surface area (Å²) in [5.41, 5.74) is 0.822. The van der Waals surface area contributed by atoms with E-state index in [1.165, 1.54) is 17.8 Å². The molecule has 36 heteroatoms. The number of aliphatic hydroxyl groups excluding tert-OH is 3. The molecule has 9 rings (SSSR count). The summed E-state index contributed by atoms with van der Waals surface area (Å²) in [7, 11) is 38.1. The molecule has 2 unspecified atom stereocenters. The number of hydrogen-bond donors (Lipinski definition) is 3. The normalized spacial score (nSPS) is 30.8. The van der Waals surface area contributed by atoms with E-state index in [2.05, 4.69) is 55.4 Å². The van der Waals surface area contributed by atoms with Crippen molar-refractivity contribution < 1.29 is 58.1 Å². The molecule has 6 fully saturated rings. The van der Waals surface area contributed by atoms with E-state index in [0.717, 1.165) is 68.1 Å². The molecule has 4 bridgehead atoms. The van der Waals surface area contributed by atoms with Crippen LogP contribution in [0.4, 0.5) is 0 Å². The molecule has 0 radical (unpaired) electrons. The highest BCUT2D eigenvalue weighted by molar-refractivity contribution is 8.79. The lowest BCUT2D eigenvalue weighted by molar-refractivity contribution is -0.232. The van der Waals surface area contributed by atoms with Crippen molar-refractivity contribution in [3.05, 3.63) is 108 Å². The van der Waals surface area contributed by atoms with E-state index in [-0.39, 0.29) is 122 Å². The van der Waals surface area contributed by atoms with Crippen molar-refractivity contribution in [2.75, 3.05) is 33.4 Å². The summed E-state index contributed by atoms with van der Waals surface area (Å²) in [5, 5.41) is 34.1. The Kier molecular flexibility index (Phi) is 43.3. The molecule has 0 heterocycles. The van der Waals surface area contributed by atoms with Crippen LogP contribution in [-0.2, 0) is 280 Å². The van der Waals surface area contributed by atoms with Crippen molar-refractivity contribution in [1.82, 2.24) is 0 Å². The highest BCUT2D eigenvalue weighted by Gasteiger charge is 2.70. The van der Waals surface area contributed by atoms with Crippen molar-refractivity contribution >= 4 is 235 Å². The number of ether oxygens (including phenoxy) is 6. The molecule has 576 valence electrons. The minimum atomic E-state index is -0.749. The molecule has 0 aromatic heterocycles. The van der Waals surface area contributed by atoms with Crippen molar-refractivity contribution in [2.24, 2.45) is 68.0 Å². The highest BCUT2D eigenvalue weighted by Crippen LogP contribution is 2.70. The quantitative estimate of drug-likeness (QED) is 0.0589. The third-order valence-corrected chi connectivity index (χ3v) is 69.0. The molecule has 6 saturated carbocycles. The van der Waals surface area contributed by atoms with Gasteiger partial charge in [-0.15, -0.1) is 0 Å². The highest BCUT2D eigenvalue weighted by atomic mass is 33.5. The smallest absolute Gasteiger partial charge is 0.332 e. The molecule has 3 aromatic rings. The maximum atomic E-state index is 13.8. The number of aliphatic hydroxyl groups is 3. The van der Waals surface area contributed by atoms with Gasteiger partial charge in [-0.05, 0) is 120 Å². The fraction of sp³-hybridized carbons (Fsp3) is 0.682. The number of ketones is 2. The zero-order chi connectivity index (χ0) is 72.8. The first-order valence-electron chi connectivity index (χ1n) is 33.0. The van der Waals surface area contributed by atoms with Crippen molar-refractivity contribution in [3.63, 3.8) is 0 Å². The molecule has 0 spiro atoms. The predicted octanol–water partition coefficient (Wildman–Crippen LogP) is 11.8. The summed E-state index contributed by atoms with van der Waals surface area (Å²) in [6.07, 6.45) is 7.14. The van der Waals surface area contributed by atoms with E-state index in [9.17, 15) is 29.7 Å². The molecule has 6 aliphatic carbocycles. The standard InChI is InChI=1S/C37H50O7.C28H42O5.CH4.S24/c1-5-35(3)20-31(39)36(4)29(23-43-32(40)24-41-21-27-12-8-6-9-13-27)16-18-37(19-17-30(38)33(36)37)26(2)34(35)44-25-42-22-28-14-10-7-11-15-28;1-5-26(3)15-23(31)27(4)21(16-29)11-13-28(14-12-22(30)24(27)28)19(2)25(26)33-18-32-17-20-9-7-6-8-10-20;;1-3-5-7-9-11-13-15-17-19-21-23-24-22-20-18-16-14-12-10-8-6-4-2/h6-15,26,29,31,33-34,39H,5,16-25H2,1-4H3;6-10,19,21,23-25,29,31H,5,11-18H2,1-4H3;1H4;/t26-,29-,31+,33?,34-,35+,36-,37-;19-,21-,23+,24?,25-,26+,27-,28-;;/m00../s1. The fourth-order valence-electron chi connectivity index (χ4n) is 17.0. The van der Waals surface area contributed by atoms with Gasteiger partial charge in [-0.2, -0.15) is 0 Å². The van der Waals surface area contributed by atoms with Crippen molar-refractivity contribution in [2.45, 2.75) is 184 Å². The first-order chi connectivity index (χ1) is 48.8. The maximum Gasteiger partial charge on any atom is 0.332 e. The van der Waals surface area contributed by atoms with Crippen molar-refractivity contribution in [3.8, 4) is 0 Å². The first-order valence-corrected chi connectivity index (χ1v) is 63.6. The Morgan fingerprint density at radius 1 is 0.490 bits per heavy atom. The van der Waals surface area contributed by atoms with Gasteiger partial charge < -0.3 is 43.7 Å². The van der Waals surface area contributed by atoms with E-state index < -0.39 is 29.0 Å². The van der Waals surface area contributed by atoms with E-state index in [0.29, 0.717) is 45.5 Å². The Labute approximate surface area is 677 Å². The van der Waals surface area contributed by atoms with Crippen LogP contribution in [0.3, 0.4) is 0 Å². The minimum Gasteiger partial charge on any atom is -0.464 e. The van der Waals surface area contributed by atoms with Crippen LogP contribution in [0, 0.1) is 68.0 Å². The molecule has 3 N–H and O–H groups in total. The fourth-order valence-corrected chi connectivity index (χ4v) is 71.9. The average Bonchev–Trinajstić information content (AvgIpc) is 1.38. The van der Waals surface area contributed by atoms with E-state index in [1.807, 2.05) is 127 Å². The summed E-state index contributed by atoms with van der Waals surface area (Å²) in [4.78, 5) is 39.8. The second-order valence-corrected chi connectivity index (χ2v) is 65.8. The second kappa shape index (κ2) is 47.8. The largest absolute Gasteiger partial charge is 0.464 e. The first kappa shape index (κ1) is 92.3. The van der Waals surface area contributed by atoms with Crippen LogP contribution in [0.1, 0.15) is 157 Å². The Bertz CT molecular complexity index is 4240. The van der Waals surface area contributed by atoms with Gasteiger partial charge in [0, 0.05) is 266 Å². The van der Waals surface area contributed by atoms with Gasteiger partial charge >= 0.3 is 5.97 Å². The number of hydrogen-bond acceptors (Lipinski definition) is 14. The molecule has 16 atom stereocenters. The van der Waals surface area contributed by atoms with Crippen LogP contribution in [0.15, 0.2) is 91.0 Å². The van der Waals surface area contributed by atoms with Gasteiger partial charge in [0.1, 0.15) is 31.8 Å². The molecule has 0 amide bonds. The summed E-state index contributed by atoms with van der Waals surface area (Å²) < 4.78 is 36.4. The van der Waals surface area contributed by atoms with Crippen LogP contribution in [0.5, 0.6) is 0 Å². The zero-order valence-electron chi connectivity index (χ0n) is 57.4.